The van der Waals surface area contributed by atoms with Gasteiger partial charge in [-0.2, -0.15) is 0 Å². The first-order valence-electron chi connectivity index (χ1n) is 2.69. The molecule has 60 valence electrons. The van der Waals surface area contributed by atoms with Crippen LogP contribution in [0, 0.1) is 0 Å². The molecule has 0 radical (unpaired) electrons. The third kappa shape index (κ3) is 2.32. The normalized spacial score (nSPS) is 9.73. The van der Waals surface area contributed by atoms with E-state index in [0.29, 0.717) is 9.47 Å². The molecule has 0 aliphatic carbocycles. The molecule has 0 saturated heterocycles. The van der Waals surface area contributed by atoms with Gasteiger partial charge in [-0.15, -0.1) is 0 Å². The number of amides is 1. The van der Waals surface area contributed by atoms with Gasteiger partial charge in [-0.3, -0.25) is 4.79 Å². The van der Waals surface area contributed by atoms with E-state index in [9.17, 15) is 4.79 Å². The van der Waals surface area contributed by atoms with Gasteiger partial charge in [0.05, 0.1) is 0 Å². The molecule has 1 heterocycles. The molecule has 1 aromatic rings. The largest absolute Gasteiger partial charge is 0.302 e. The Morgan fingerprint density at radius 3 is 2.64 bits per heavy atom. The molecule has 1 rings (SSSR count). The zero-order valence-corrected chi connectivity index (χ0v) is 7.85. The van der Waals surface area contributed by atoms with Crippen molar-refractivity contribution in [3.05, 3.63) is 9.49 Å². The van der Waals surface area contributed by atoms with E-state index in [4.69, 9.17) is 23.2 Å². The number of aromatic nitrogens is 1. The Balaban J connectivity index is 2.81. The summed E-state index contributed by atoms with van der Waals surface area (Å²) in [5.41, 5.74) is 0. The molecule has 1 amide bonds. The standard InChI is InChI=1S/C5H4Cl2N2OS/c1-2(10)8-5-9-3(6)4(7)11-5/h1H3,(H,8,9,10). The number of carbonyl (C=O) groups excluding carboxylic acids is 1. The van der Waals surface area contributed by atoms with Crippen LogP contribution in [0.15, 0.2) is 0 Å². The summed E-state index contributed by atoms with van der Waals surface area (Å²) in [6.45, 7) is 1.39. The van der Waals surface area contributed by atoms with Crippen molar-refractivity contribution in [2.75, 3.05) is 5.32 Å². The summed E-state index contributed by atoms with van der Waals surface area (Å²) >= 11 is 12.2. The third-order valence-electron chi connectivity index (χ3n) is 0.831. The number of thiazole rings is 1. The summed E-state index contributed by atoms with van der Waals surface area (Å²) in [7, 11) is 0. The Bertz CT molecular complexity index is 267. The van der Waals surface area contributed by atoms with Crippen LogP contribution in [0.5, 0.6) is 0 Å². The van der Waals surface area contributed by atoms with Gasteiger partial charge >= 0.3 is 0 Å². The van der Waals surface area contributed by atoms with Gasteiger partial charge in [-0.25, -0.2) is 4.98 Å². The maximum atomic E-state index is 10.5. The number of rotatable bonds is 1. The first kappa shape index (κ1) is 8.77. The second kappa shape index (κ2) is 3.38. The number of halogens is 2. The summed E-state index contributed by atoms with van der Waals surface area (Å²) in [5, 5.41) is 3.11. The Morgan fingerprint density at radius 1 is 1.64 bits per heavy atom. The van der Waals surface area contributed by atoms with E-state index in [1.807, 2.05) is 0 Å². The fraction of sp³-hybridized carbons (Fsp3) is 0.200. The van der Waals surface area contributed by atoms with E-state index in [-0.39, 0.29) is 11.1 Å². The van der Waals surface area contributed by atoms with Gasteiger partial charge in [0.25, 0.3) is 0 Å². The monoisotopic (exact) mass is 210 g/mol. The zero-order chi connectivity index (χ0) is 8.43. The molecule has 0 saturated carbocycles. The number of nitrogens with one attached hydrogen (secondary N) is 1. The van der Waals surface area contributed by atoms with Gasteiger partial charge in [0.1, 0.15) is 4.34 Å². The van der Waals surface area contributed by atoms with Gasteiger partial charge in [-0.05, 0) is 0 Å². The second-order valence-corrected chi connectivity index (χ2v) is 3.72. The van der Waals surface area contributed by atoms with E-state index in [2.05, 4.69) is 10.3 Å². The quantitative estimate of drug-likeness (QED) is 0.774. The van der Waals surface area contributed by atoms with Crippen molar-refractivity contribution < 1.29 is 4.79 Å². The highest BCUT2D eigenvalue weighted by molar-refractivity contribution is 7.20. The van der Waals surface area contributed by atoms with E-state index in [0.717, 1.165) is 11.3 Å². The molecule has 6 heteroatoms. The highest BCUT2D eigenvalue weighted by Gasteiger charge is 2.06. The predicted molar refractivity (Wildman–Crippen MR) is 46.4 cm³/mol. The van der Waals surface area contributed by atoms with Crippen LogP contribution in [-0.2, 0) is 4.79 Å². The number of hydrogen-bond donors (Lipinski definition) is 1. The van der Waals surface area contributed by atoms with E-state index < -0.39 is 0 Å². The van der Waals surface area contributed by atoms with Gasteiger partial charge in [-0.1, -0.05) is 34.5 Å². The van der Waals surface area contributed by atoms with E-state index in [1.165, 1.54) is 6.92 Å². The van der Waals surface area contributed by atoms with Gasteiger partial charge in [0.15, 0.2) is 10.3 Å². The van der Waals surface area contributed by atoms with Crippen molar-refractivity contribution in [3.63, 3.8) is 0 Å². The topological polar surface area (TPSA) is 42.0 Å². The van der Waals surface area contributed by atoms with Crippen molar-refractivity contribution in [2.24, 2.45) is 0 Å². The fourth-order valence-corrected chi connectivity index (χ4v) is 1.63. The minimum atomic E-state index is -0.188. The van der Waals surface area contributed by atoms with Crippen LogP contribution in [0.2, 0.25) is 9.49 Å². The van der Waals surface area contributed by atoms with Crippen LogP contribution in [0.4, 0.5) is 5.13 Å². The molecule has 1 N–H and O–H groups in total. The minimum absolute atomic E-state index is 0.188. The number of nitrogens with zero attached hydrogens (tertiary/aromatic N) is 1. The summed E-state index contributed by atoms with van der Waals surface area (Å²) in [5.74, 6) is -0.188. The molecule has 0 aliphatic rings. The summed E-state index contributed by atoms with van der Waals surface area (Å²) < 4.78 is 0.385. The molecule has 0 aliphatic heterocycles. The second-order valence-electron chi connectivity index (χ2n) is 1.76. The molecule has 1 aromatic heterocycles. The molecule has 3 nitrogen and oxygen atoms in total. The number of hydrogen-bond acceptors (Lipinski definition) is 3. The number of anilines is 1. The van der Waals surface area contributed by atoms with Crippen LogP contribution >= 0.6 is 34.5 Å². The lowest BCUT2D eigenvalue weighted by Gasteiger charge is -1.91. The molecule has 0 spiro atoms. The lowest BCUT2D eigenvalue weighted by Crippen LogP contribution is -2.04. The molecule has 0 aromatic carbocycles. The van der Waals surface area contributed by atoms with Gasteiger partial charge in [0, 0.05) is 6.92 Å². The van der Waals surface area contributed by atoms with Crippen LogP contribution in [0.3, 0.4) is 0 Å². The molecule has 0 bridgehead atoms. The SMILES string of the molecule is CC(=O)Nc1nc(Cl)c(Cl)s1. The van der Waals surface area contributed by atoms with Crippen molar-refractivity contribution in [2.45, 2.75) is 6.92 Å². The average Bonchev–Trinajstić information content (AvgIpc) is 2.10. The van der Waals surface area contributed by atoms with Gasteiger partial charge < -0.3 is 5.32 Å². The third-order valence-corrected chi connectivity index (χ3v) is 2.48. The summed E-state index contributed by atoms with van der Waals surface area (Å²) in [4.78, 5) is 14.3. The highest BCUT2D eigenvalue weighted by Crippen LogP contribution is 2.31. The van der Waals surface area contributed by atoms with Crippen LogP contribution in [0.25, 0.3) is 0 Å². The van der Waals surface area contributed by atoms with Gasteiger partial charge in [0.2, 0.25) is 5.91 Å². The van der Waals surface area contributed by atoms with Crippen LogP contribution in [-0.4, -0.2) is 10.9 Å². The average molecular weight is 211 g/mol. The summed E-state index contributed by atoms with van der Waals surface area (Å²) in [6, 6.07) is 0. The van der Waals surface area contributed by atoms with Crippen molar-refractivity contribution >= 4 is 45.6 Å². The molecule has 0 unspecified atom stereocenters. The molecular weight excluding hydrogens is 207 g/mol. The van der Waals surface area contributed by atoms with Crippen molar-refractivity contribution in [1.82, 2.24) is 4.98 Å². The Labute approximate surface area is 77.3 Å². The van der Waals surface area contributed by atoms with E-state index in [1.54, 1.807) is 0 Å². The smallest absolute Gasteiger partial charge is 0.223 e. The Kier molecular flexibility index (Phi) is 2.70. The lowest BCUT2D eigenvalue weighted by atomic mass is 10.7. The van der Waals surface area contributed by atoms with Crippen molar-refractivity contribution in [3.8, 4) is 0 Å². The lowest BCUT2D eigenvalue weighted by molar-refractivity contribution is -0.114. The Hall–Kier alpha value is -0.320. The van der Waals surface area contributed by atoms with E-state index >= 15 is 0 Å². The first-order valence-corrected chi connectivity index (χ1v) is 4.26. The molecule has 0 fully saturated rings. The summed E-state index contributed by atoms with van der Waals surface area (Å²) in [6.07, 6.45) is 0. The van der Waals surface area contributed by atoms with Crippen LogP contribution in [0.1, 0.15) is 6.92 Å². The predicted octanol–water partition coefficient (Wildman–Crippen LogP) is 2.41. The van der Waals surface area contributed by atoms with Crippen molar-refractivity contribution in [1.29, 1.82) is 0 Å². The fourth-order valence-electron chi connectivity index (χ4n) is 0.487. The van der Waals surface area contributed by atoms with Crippen LogP contribution < -0.4 is 5.32 Å². The maximum Gasteiger partial charge on any atom is 0.223 e. The number of carbonyl (C=O) groups is 1. The molecule has 0 atom stereocenters. The maximum absolute atomic E-state index is 10.5. The molecular formula is C5H4Cl2N2OS. The first-order chi connectivity index (χ1) is 5.09. The Morgan fingerprint density at radius 2 is 2.27 bits per heavy atom. The zero-order valence-electron chi connectivity index (χ0n) is 5.52. The molecule has 11 heavy (non-hydrogen) atoms. The minimum Gasteiger partial charge on any atom is -0.302 e. The highest BCUT2D eigenvalue weighted by atomic mass is 35.5.